The van der Waals surface area contributed by atoms with Gasteiger partial charge in [0.05, 0.1) is 10.8 Å². The van der Waals surface area contributed by atoms with Crippen LogP contribution in [0.3, 0.4) is 0 Å². The van der Waals surface area contributed by atoms with Gasteiger partial charge in [-0.2, -0.15) is 0 Å². The maximum atomic E-state index is 14.1. The normalized spacial score (nSPS) is 12.2. The quantitative estimate of drug-likeness (QED) is 0.567. The van der Waals surface area contributed by atoms with Crippen LogP contribution in [0.1, 0.15) is 37.8 Å². The summed E-state index contributed by atoms with van der Waals surface area (Å²) in [7, 11) is 1.77. The molecule has 0 aliphatic heterocycles. The first-order chi connectivity index (χ1) is 13.8. The zero-order chi connectivity index (χ0) is 21.1. The molecule has 0 radical (unpaired) electrons. The summed E-state index contributed by atoms with van der Waals surface area (Å²) in [5.74, 6) is 0.266. The van der Waals surface area contributed by atoms with E-state index in [1.165, 1.54) is 17.8 Å². The number of nitrogens with one attached hydrogen (secondary N) is 1. The highest BCUT2D eigenvalue weighted by Gasteiger charge is 2.22. The van der Waals surface area contributed by atoms with Gasteiger partial charge in [-0.15, -0.1) is 10.2 Å². The molecule has 0 aliphatic carbocycles. The Kier molecular flexibility index (Phi) is 6.37. The lowest BCUT2D eigenvalue weighted by Crippen LogP contribution is -2.24. The molecule has 1 aromatic heterocycles. The molecule has 0 saturated carbocycles. The van der Waals surface area contributed by atoms with Gasteiger partial charge in [0.1, 0.15) is 5.82 Å². The number of halogens is 1. The molecular formula is C22H25FN4OS. The number of carbonyl (C=O) groups is 1. The first kappa shape index (κ1) is 21.0. The average molecular weight is 413 g/mol. The van der Waals surface area contributed by atoms with Gasteiger partial charge in [0.2, 0.25) is 5.91 Å². The van der Waals surface area contributed by atoms with Crippen molar-refractivity contribution in [3.8, 4) is 11.4 Å². The van der Waals surface area contributed by atoms with Gasteiger partial charge in [0.25, 0.3) is 0 Å². The van der Waals surface area contributed by atoms with Crippen molar-refractivity contribution >= 4 is 23.4 Å². The molecule has 0 bridgehead atoms. The standard InChI is InChI=1S/C22H25FN4OS/c1-13(2)16-11-8-9-14(3)19(16)24-21(28)15(4)29-22-26-25-20(27(22)5)17-10-6-7-12-18(17)23/h6-13,15H,1-5H3,(H,24,28)/t15-/m0/s1. The van der Waals surface area contributed by atoms with E-state index >= 15 is 0 Å². The highest BCUT2D eigenvalue weighted by Crippen LogP contribution is 2.30. The minimum atomic E-state index is -0.397. The van der Waals surface area contributed by atoms with Gasteiger partial charge >= 0.3 is 0 Å². The molecule has 1 atom stereocenters. The lowest BCUT2D eigenvalue weighted by Gasteiger charge is -2.18. The van der Waals surface area contributed by atoms with Crippen molar-refractivity contribution < 1.29 is 9.18 Å². The maximum absolute atomic E-state index is 14.1. The number of carbonyl (C=O) groups excluding carboxylic acids is 1. The van der Waals surface area contributed by atoms with E-state index in [0.29, 0.717) is 22.5 Å². The zero-order valence-corrected chi connectivity index (χ0v) is 18.0. The number of rotatable bonds is 6. The van der Waals surface area contributed by atoms with E-state index < -0.39 is 5.25 Å². The smallest absolute Gasteiger partial charge is 0.237 e. The summed E-state index contributed by atoms with van der Waals surface area (Å²) in [4.78, 5) is 12.8. The Bertz CT molecular complexity index is 1030. The van der Waals surface area contributed by atoms with Crippen LogP contribution in [0.25, 0.3) is 11.4 Å². The number of para-hydroxylation sites is 1. The van der Waals surface area contributed by atoms with Crippen molar-refractivity contribution in [2.75, 3.05) is 5.32 Å². The Morgan fingerprint density at radius 1 is 1.10 bits per heavy atom. The summed E-state index contributed by atoms with van der Waals surface area (Å²) < 4.78 is 15.8. The first-order valence-corrected chi connectivity index (χ1v) is 10.4. The predicted octanol–water partition coefficient (Wildman–Crippen LogP) is 5.17. The molecule has 29 heavy (non-hydrogen) atoms. The van der Waals surface area contributed by atoms with E-state index in [4.69, 9.17) is 0 Å². The number of nitrogens with zero attached hydrogens (tertiary/aromatic N) is 3. The molecule has 0 aliphatic rings. The van der Waals surface area contributed by atoms with Crippen LogP contribution in [0, 0.1) is 12.7 Å². The zero-order valence-electron chi connectivity index (χ0n) is 17.2. The summed E-state index contributed by atoms with van der Waals surface area (Å²) in [5, 5.41) is 11.5. The molecule has 0 spiro atoms. The van der Waals surface area contributed by atoms with Gasteiger partial charge in [0.15, 0.2) is 11.0 Å². The summed E-state index contributed by atoms with van der Waals surface area (Å²) >= 11 is 1.29. The minimum absolute atomic E-state index is 0.110. The molecule has 152 valence electrons. The highest BCUT2D eigenvalue weighted by molar-refractivity contribution is 8.00. The number of anilines is 1. The summed E-state index contributed by atoms with van der Waals surface area (Å²) in [6, 6.07) is 12.5. The second-order valence-electron chi connectivity index (χ2n) is 7.29. The van der Waals surface area contributed by atoms with Crippen LogP contribution in [0.4, 0.5) is 10.1 Å². The number of benzene rings is 2. The number of aromatic nitrogens is 3. The van der Waals surface area contributed by atoms with Crippen LogP contribution in [0.2, 0.25) is 0 Å². The van der Waals surface area contributed by atoms with Crippen LogP contribution in [-0.2, 0) is 11.8 Å². The fraction of sp³-hybridized carbons (Fsp3) is 0.318. The third-order valence-corrected chi connectivity index (χ3v) is 5.91. The average Bonchev–Trinajstić information content (AvgIpc) is 3.03. The fourth-order valence-corrected chi connectivity index (χ4v) is 3.89. The van der Waals surface area contributed by atoms with E-state index in [9.17, 15) is 9.18 Å². The summed E-state index contributed by atoms with van der Waals surface area (Å²) in [6.45, 7) is 8.02. The van der Waals surface area contributed by atoms with Crippen LogP contribution in [-0.4, -0.2) is 25.9 Å². The number of hydrogen-bond donors (Lipinski definition) is 1. The second-order valence-corrected chi connectivity index (χ2v) is 8.60. The van der Waals surface area contributed by atoms with Gasteiger partial charge in [-0.3, -0.25) is 4.79 Å². The van der Waals surface area contributed by atoms with Crippen LogP contribution >= 0.6 is 11.8 Å². The number of amides is 1. The van der Waals surface area contributed by atoms with Crippen molar-refractivity contribution in [2.24, 2.45) is 7.05 Å². The lowest BCUT2D eigenvalue weighted by molar-refractivity contribution is -0.115. The summed E-state index contributed by atoms with van der Waals surface area (Å²) in [5.41, 5.74) is 3.39. The van der Waals surface area contributed by atoms with Crippen molar-refractivity contribution in [2.45, 2.75) is 44.0 Å². The van der Waals surface area contributed by atoms with Crippen LogP contribution in [0.5, 0.6) is 0 Å². The topological polar surface area (TPSA) is 59.8 Å². The number of aryl methyl sites for hydroxylation is 1. The van der Waals surface area contributed by atoms with Gasteiger partial charge < -0.3 is 9.88 Å². The monoisotopic (exact) mass is 412 g/mol. The third-order valence-electron chi connectivity index (χ3n) is 4.78. The largest absolute Gasteiger partial charge is 0.325 e. The Morgan fingerprint density at radius 2 is 1.83 bits per heavy atom. The molecule has 1 N–H and O–H groups in total. The maximum Gasteiger partial charge on any atom is 0.237 e. The van der Waals surface area contributed by atoms with Gasteiger partial charge in [-0.1, -0.05) is 55.9 Å². The van der Waals surface area contributed by atoms with E-state index in [1.807, 2.05) is 32.0 Å². The second kappa shape index (κ2) is 8.78. The Balaban J connectivity index is 1.77. The molecule has 5 nitrogen and oxygen atoms in total. The van der Waals surface area contributed by atoms with E-state index in [0.717, 1.165) is 16.8 Å². The molecule has 3 aromatic rings. The minimum Gasteiger partial charge on any atom is -0.325 e. The van der Waals surface area contributed by atoms with Crippen molar-refractivity contribution in [3.05, 3.63) is 59.4 Å². The molecule has 3 rings (SSSR count). The SMILES string of the molecule is Cc1cccc(C(C)C)c1NC(=O)[C@H](C)Sc1nnc(-c2ccccc2F)n1C. The molecular weight excluding hydrogens is 387 g/mol. The third kappa shape index (κ3) is 4.50. The van der Waals surface area contributed by atoms with Gasteiger partial charge in [-0.05, 0) is 43.0 Å². The van der Waals surface area contributed by atoms with Crippen molar-refractivity contribution in [1.29, 1.82) is 0 Å². The van der Waals surface area contributed by atoms with Crippen molar-refractivity contribution in [1.82, 2.24) is 14.8 Å². The van der Waals surface area contributed by atoms with E-state index in [2.05, 4.69) is 29.4 Å². The lowest BCUT2D eigenvalue weighted by atomic mass is 9.98. The molecule has 0 fully saturated rings. The Labute approximate surface area is 174 Å². The molecule has 1 amide bonds. The van der Waals surface area contributed by atoms with Gasteiger partial charge in [-0.25, -0.2) is 4.39 Å². The molecule has 0 unspecified atom stereocenters. The molecule has 1 heterocycles. The first-order valence-electron chi connectivity index (χ1n) is 9.51. The Hall–Kier alpha value is -2.67. The Morgan fingerprint density at radius 3 is 2.52 bits per heavy atom. The van der Waals surface area contributed by atoms with Crippen LogP contribution in [0.15, 0.2) is 47.6 Å². The summed E-state index contributed by atoms with van der Waals surface area (Å²) in [6.07, 6.45) is 0. The number of thioether (sulfide) groups is 1. The van der Waals surface area contributed by atoms with E-state index in [1.54, 1.807) is 29.8 Å². The van der Waals surface area contributed by atoms with Gasteiger partial charge in [0, 0.05) is 12.7 Å². The molecule has 2 aromatic carbocycles. The van der Waals surface area contributed by atoms with E-state index in [-0.39, 0.29) is 11.7 Å². The number of hydrogen-bond acceptors (Lipinski definition) is 4. The highest BCUT2D eigenvalue weighted by atomic mass is 32.2. The van der Waals surface area contributed by atoms with Crippen molar-refractivity contribution in [3.63, 3.8) is 0 Å². The predicted molar refractivity (Wildman–Crippen MR) is 116 cm³/mol. The molecule has 0 saturated heterocycles. The fourth-order valence-electron chi connectivity index (χ4n) is 3.07. The molecule has 7 heteroatoms. The van der Waals surface area contributed by atoms with Crippen LogP contribution < -0.4 is 5.32 Å².